The Kier molecular flexibility index (Phi) is 4.32. The minimum absolute atomic E-state index is 0.184. The Balaban J connectivity index is 1.42. The first-order valence-corrected chi connectivity index (χ1v) is 8.88. The van der Waals surface area contributed by atoms with Gasteiger partial charge in [-0.15, -0.1) is 0 Å². The molecule has 1 aromatic carbocycles. The second-order valence-electron chi connectivity index (χ2n) is 6.70. The van der Waals surface area contributed by atoms with Crippen molar-refractivity contribution in [1.29, 1.82) is 0 Å². The van der Waals surface area contributed by atoms with Crippen molar-refractivity contribution in [3.05, 3.63) is 59.0 Å². The molecule has 0 bridgehead atoms. The topological polar surface area (TPSA) is 59.7 Å². The highest BCUT2D eigenvalue weighted by molar-refractivity contribution is 5.76. The third kappa shape index (κ3) is 3.14. The molecule has 6 nitrogen and oxygen atoms in total. The highest BCUT2D eigenvalue weighted by atomic mass is 16.5. The van der Waals surface area contributed by atoms with Gasteiger partial charge in [0.1, 0.15) is 5.75 Å². The molecule has 1 aliphatic heterocycles. The lowest BCUT2D eigenvalue weighted by atomic mass is 10.1. The number of hydrogen-bond acceptors (Lipinski definition) is 4. The predicted octanol–water partition coefficient (Wildman–Crippen LogP) is 2.56. The molecule has 0 saturated carbocycles. The average molecular weight is 350 g/mol. The van der Waals surface area contributed by atoms with Gasteiger partial charge in [0.05, 0.1) is 18.5 Å². The number of nitrogens with zero attached hydrogens (tertiary/aromatic N) is 4. The fourth-order valence-corrected chi connectivity index (χ4v) is 3.47. The van der Waals surface area contributed by atoms with E-state index in [1.54, 1.807) is 7.11 Å². The number of rotatable bonds is 4. The molecule has 1 aliphatic rings. The van der Waals surface area contributed by atoms with Gasteiger partial charge in [-0.2, -0.15) is 5.10 Å². The fourth-order valence-electron chi connectivity index (χ4n) is 3.47. The Morgan fingerprint density at radius 3 is 2.85 bits per heavy atom. The second-order valence-corrected chi connectivity index (χ2v) is 6.70. The molecule has 0 saturated heterocycles. The summed E-state index contributed by atoms with van der Waals surface area (Å²) in [6.45, 7) is 3.31. The third-order valence-electron chi connectivity index (χ3n) is 4.91. The van der Waals surface area contributed by atoms with E-state index < -0.39 is 0 Å². The summed E-state index contributed by atoms with van der Waals surface area (Å²) in [4.78, 5) is 19.0. The highest BCUT2D eigenvalue weighted by Crippen LogP contribution is 2.21. The average Bonchev–Trinajstić information content (AvgIpc) is 3.06. The van der Waals surface area contributed by atoms with Gasteiger partial charge in [-0.25, -0.2) is 9.50 Å². The minimum atomic E-state index is 0.184. The first-order valence-electron chi connectivity index (χ1n) is 8.88. The van der Waals surface area contributed by atoms with Crippen LogP contribution in [0.5, 0.6) is 5.75 Å². The number of amides is 1. The third-order valence-corrected chi connectivity index (χ3v) is 4.91. The molecule has 134 valence electrons. The number of aryl methyl sites for hydroxylation is 2. The highest BCUT2D eigenvalue weighted by Gasteiger charge is 2.23. The maximum Gasteiger partial charge on any atom is 0.223 e. The van der Waals surface area contributed by atoms with Crippen LogP contribution >= 0.6 is 0 Å². The van der Waals surface area contributed by atoms with E-state index in [0.717, 1.165) is 47.6 Å². The number of carbonyl (C=O) groups excluding carboxylic acids is 1. The van der Waals surface area contributed by atoms with Crippen LogP contribution in [0.4, 0.5) is 0 Å². The van der Waals surface area contributed by atoms with E-state index >= 15 is 0 Å². The molecule has 26 heavy (non-hydrogen) atoms. The molecule has 0 fully saturated rings. The predicted molar refractivity (Wildman–Crippen MR) is 98.2 cm³/mol. The molecular formula is C20H22N4O2. The van der Waals surface area contributed by atoms with Crippen molar-refractivity contribution < 1.29 is 9.53 Å². The Hall–Kier alpha value is -2.89. The fraction of sp³-hybridized carbons (Fsp3) is 0.350. The van der Waals surface area contributed by atoms with Crippen LogP contribution in [0.2, 0.25) is 0 Å². The van der Waals surface area contributed by atoms with Crippen molar-refractivity contribution >= 4 is 11.6 Å². The van der Waals surface area contributed by atoms with Crippen molar-refractivity contribution in [2.45, 2.75) is 32.7 Å². The first-order chi connectivity index (χ1) is 12.6. The zero-order valence-electron chi connectivity index (χ0n) is 15.1. The van der Waals surface area contributed by atoms with Crippen LogP contribution in [-0.4, -0.2) is 39.1 Å². The molecule has 2 aromatic heterocycles. The SMILES string of the molecule is COc1ccc(CCC(=O)N2CCc3c(cnc4cc(C)nn34)C2)cc1. The Morgan fingerprint density at radius 2 is 2.08 bits per heavy atom. The van der Waals surface area contributed by atoms with E-state index in [0.29, 0.717) is 13.0 Å². The summed E-state index contributed by atoms with van der Waals surface area (Å²) in [5.74, 6) is 1.02. The number of aromatic nitrogens is 3. The molecule has 1 amide bonds. The van der Waals surface area contributed by atoms with Crippen LogP contribution in [0.1, 0.15) is 28.9 Å². The maximum absolute atomic E-state index is 12.6. The van der Waals surface area contributed by atoms with Gasteiger partial charge in [0.15, 0.2) is 5.65 Å². The van der Waals surface area contributed by atoms with Gasteiger partial charge in [0, 0.05) is 43.8 Å². The molecule has 0 atom stereocenters. The summed E-state index contributed by atoms with van der Waals surface area (Å²) >= 11 is 0. The number of benzene rings is 1. The quantitative estimate of drug-likeness (QED) is 0.726. The zero-order valence-corrected chi connectivity index (χ0v) is 15.1. The van der Waals surface area contributed by atoms with E-state index in [4.69, 9.17) is 4.74 Å². The molecule has 0 radical (unpaired) electrons. The van der Waals surface area contributed by atoms with Crippen molar-refractivity contribution in [2.75, 3.05) is 13.7 Å². The lowest BCUT2D eigenvalue weighted by Gasteiger charge is -2.28. The number of carbonyl (C=O) groups is 1. The van der Waals surface area contributed by atoms with Crippen molar-refractivity contribution in [1.82, 2.24) is 19.5 Å². The van der Waals surface area contributed by atoms with E-state index in [1.165, 1.54) is 5.69 Å². The van der Waals surface area contributed by atoms with Crippen LogP contribution in [0.15, 0.2) is 36.5 Å². The molecule has 3 heterocycles. The van der Waals surface area contributed by atoms with Gasteiger partial charge in [-0.05, 0) is 31.0 Å². The Labute approximate surface area is 152 Å². The van der Waals surface area contributed by atoms with Gasteiger partial charge in [0.25, 0.3) is 0 Å². The van der Waals surface area contributed by atoms with Crippen LogP contribution < -0.4 is 4.74 Å². The number of ether oxygens (including phenoxy) is 1. The van der Waals surface area contributed by atoms with Gasteiger partial charge in [-0.1, -0.05) is 12.1 Å². The number of fused-ring (bicyclic) bond motifs is 3. The molecule has 0 unspecified atom stereocenters. The van der Waals surface area contributed by atoms with E-state index in [-0.39, 0.29) is 5.91 Å². The Morgan fingerprint density at radius 1 is 1.27 bits per heavy atom. The Bertz CT molecular complexity index is 946. The smallest absolute Gasteiger partial charge is 0.223 e. The van der Waals surface area contributed by atoms with Crippen LogP contribution in [0, 0.1) is 6.92 Å². The largest absolute Gasteiger partial charge is 0.497 e. The molecule has 0 aliphatic carbocycles. The standard InChI is InChI=1S/C20H22N4O2/c1-14-11-19-21-12-16-13-23(10-9-18(16)24(19)22-14)20(25)8-5-15-3-6-17(26-2)7-4-15/h3-4,6-7,11-12H,5,8-10,13H2,1-2H3. The monoisotopic (exact) mass is 350 g/mol. The summed E-state index contributed by atoms with van der Waals surface area (Å²) in [6, 6.07) is 9.86. The molecule has 0 spiro atoms. The van der Waals surface area contributed by atoms with Crippen molar-refractivity contribution in [3.8, 4) is 5.75 Å². The minimum Gasteiger partial charge on any atom is -0.497 e. The van der Waals surface area contributed by atoms with Crippen LogP contribution in [0.25, 0.3) is 5.65 Å². The van der Waals surface area contributed by atoms with Gasteiger partial charge in [0.2, 0.25) is 5.91 Å². The van der Waals surface area contributed by atoms with Crippen molar-refractivity contribution in [2.24, 2.45) is 0 Å². The number of methoxy groups -OCH3 is 1. The summed E-state index contributed by atoms with van der Waals surface area (Å²) < 4.78 is 7.09. The lowest BCUT2D eigenvalue weighted by Crippen LogP contribution is -2.37. The van der Waals surface area contributed by atoms with Crippen LogP contribution in [0.3, 0.4) is 0 Å². The summed E-state index contributed by atoms with van der Waals surface area (Å²) in [7, 11) is 1.65. The van der Waals surface area contributed by atoms with Gasteiger partial charge in [-0.3, -0.25) is 4.79 Å². The van der Waals surface area contributed by atoms with E-state index in [2.05, 4.69) is 10.1 Å². The summed E-state index contributed by atoms with van der Waals surface area (Å²) in [6.07, 6.45) is 3.94. The summed E-state index contributed by atoms with van der Waals surface area (Å²) in [5, 5.41) is 4.53. The first kappa shape index (κ1) is 16.6. The molecule has 4 rings (SSSR count). The second kappa shape index (κ2) is 6.78. The molecule has 6 heteroatoms. The zero-order chi connectivity index (χ0) is 18.1. The molecular weight excluding hydrogens is 328 g/mol. The molecule has 3 aromatic rings. The van der Waals surface area contributed by atoms with Gasteiger partial charge < -0.3 is 9.64 Å². The normalized spacial score (nSPS) is 13.7. The van der Waals surface area contributed by atoms with E-state index in [9.17, 15) is 4.79 Å². The number of hydrogen-bond donors (Lipinski definition) is 0. The van der Waals surface area contributed by atoms with Crippen LogP contribution in [-0.2, 0) is 24.2 Å². The van der Waals surface area contributed by atoms with Crippen molar-refractivity contribution in [3.63, 3.8) is 0 Å². The molecule has 0 N–H and O–H groups in total. The maximum atomic E-state index is 12.6. The van der Waals surface area contributed by atoms with E-state index in [1.807, 2.05) is 52.9 Å². The van der Waals surface area contributed by atoms with Gasteiger partial charge >= 0.3 is 0 Å². The summed E-state index contributed by atoms with van der Waals surface area (Å²) in [5.41, 5.74) is 5.24. The lowest BCUT2D eigenvalue weighted by molar-refractivity contribution is -0.132.